The van der Waals surface area contributed by atoms with Crippen molar-refractivity contribution >= 4 is 0 Å². The smallest absolute Gasteiger partial charge is 0.00462 e. The Kier molecular flexibility index (Phi) is 5.73. The highest BCUT2D eigenvalue weighted by molar-refractivity contribution is 5.14. The van der Waals surface area contributed by atoms with Crippen LogP contribution in [-0.4, -0.2) is 6.54 Å². The van der Waals surface area contributed by atoms with Gasteiger partial charge in [0.25, 0.3) is 0 Å². The van der Waals surface area contributed by atoms with Gasteiger partial charge in [-0.25, -0.2) is 0 Å². The molecule has 100 valence electrons. The van der Waals surface area contributed by atoms with Gasteiger partial charge in [-0.2, -0.15) is 0 Å². The number of rotatable bonds is 5. The van der Waals surface area contributed by atoms with E-state index in [9.17, 15) is 0 Å². The minimum Gasteiger partial charge on any atom is -0.330 e. The third-order valence-electron chi connectivity index (χ3n) is 4.50. The summed E-state index contributed by atoms with van der Waals surface area (Å²) < 4.78 is 0. The average Bonchev–Trinajstić information content (AvgIpc) is 2.65. The van der Waals surface area contributed by atoms with E-state index in [2.05, 4.69) is 30.3 Å². The summed E-state index contributed by atoms with van der Waals surface area (Å²) >= 11 is 0. The van der Waals surface area contributed by atoms with Crippen LogP contribution < -0.4 is 5.73 Å². The van der Waals surface area contributed by atoms with Crippen molar-refractivity contribution in [3.8, 4) is 0 Å². The Bertz CT molecular complexity index is 320. The van der Waals surface area contributed by atoms with E-state index in [4.69, 9.17) is 5.73 Å². The molecule has 0 radical (unpaired) electrons. The highest BCUT2D eigenvalue weighted by atomic mass is 14.6. The second-order valence-corrected chi connectivity index (χ2v) is 5.77. The first-order chi connectivity index (χ1) is 8.90. The fourth-order valence-corrected chi connectivity index (χ4v) is 3.36. The fourth-order valence-electron chi connectivity index (χ4n) is 3.36. The Labute approximate surface area is 112 Å². The highest BCUT2D eigenvalue weighted by Gasteiger charge is 2.21. The molecule has 0 aromatic heterocycles. The summed E-state index contributed by atoms with van der Waals surface area (Å²) in [7, 11) is 0. The molecule has 0 heterocycles. The first kappa shape index (κ1) is 13.6. The van der Waals surface area contributed by atoms with Gasteiger partial charge >= 0.3 is 0 Å². The average molecular weight is 245 g/mol. The van der Waals surface area contributed by atoms with E-state index in [-0.39, 0.29) is 0 Å². The summed E-state index contributed by atoms with van der Waals surface area (Å²) in [6.45, 7) is 0.899. The minimum atomic E-state index is 0.795. The predicted molar refractivity (Wildman–Crippen MR) is 78.5 cm³/mol. The maximum Gasteiger partial charge on any atom is -0.00462 e. The Morgan fingerprint density at radius 3 is 2.39 bits per heavy atom. The number of hydrogen-bond donors (Lipinski definition) is 1. The molecule has 1 nitrogen and oxygen atoms in total. The summed E-state index contributed by atoms with van der Waals surface area (Å²) in [4.78, 5) is 0. The molecule has 0 saturated heterocycles. The zero-order valence-corrected chi connectivity index (χ0v) is 11.5. The summed E-state index contributed by atoms with van der Waals surface area (Å²) in [5.41, 5.74) is 7.43. The van der Waals surface area contributed by atoms with E-state index < -0.39 is 0 Å². The van der Waals surface area contributed by atoms with E-state index in [0.717, 1.165) is 18.4 Å². The van der Waals surface area contributed by atoms with Crippen molar-refractivity contribution in [3.63, 3.8) is 0 Å². The topological polar surface area (TPSA) is 26.0 Å². The Morgan fingerprint density at radius 2 is 1.67 bits per heavy atom. The first-order valence-corrected chi connectivity index (χ1v) is 7.64. The normalized spacial score (nSPS) is 24.7. The largest absolute Gasteiger partial charge is 0.330 e. The molecule has 1 heteroatoms. The zero-order valence-electron chi connectivity index (χ0n) is 11.5. The molecule has 1 fully saturated rings. The van der Waals surface area contributed by atoms with Crippen molar-refractivity contribution in [2.24, 2.45) is 17.6 Å². The lowest BCUT2D eigenvalue weighted by Crippen LogP contribution is -2.22. The second kappa shape index (κ2) is 7.58. The standard InChI is InChI=1S/C17H27N/c18-14-17-12-6-2-5-11-16(17)13-7-10-15-8-3-1-4-9-15/h1,3-4,8-9,16-17H,2,5-7,10-14,18H2. The summed E-state index contributed by atoms with van der Waals surface area (Å²) in [6.07, 6.45) is 11.0. The number of benzene rings is 1. The summed E-state index contributed by atoms with van der Waals surface area (Å²) in [6, 6.07) is 10.9. The van der Waals surface area contributed by atoms with Gasteiger partial charge in [0.2, 0.25) is 0 Å². The van der Waals surface area contributed by atoms with Gasteiger partial charge in [0.1, 0.15) is 0 Å². The van der Waals surface area contributed by atoms with Crippen LogP contribution in [0, 0.1) is 11.8 Å². The molecular weight excluding hydrogens is 218 g/mol. The molecule has 1 aliphatic rings. The third kappa shape index (κ3) is 4.13. The molecule has 2 N–H and O–H groups in total. The van der Waals surface area contributed by atoms with Crippen LogP contribution >= 0.6 is 0 Å². The molecule has 2 unspecified atom stereocenters. The molecule has 2 rings (SSSR count). The van der Waals surface area contributed by atoms with Crippen molar-refractivity contribution in [1.82, 2.24) is 0 Å². The third-order valence-corrected chi connectivity index (χ3v) is 4.50. The van der Waals surface area contributed by atoms with Crippen LogP contribution in [0.3, 0.4) is 0 Å². The van der Waals surface area contributed by atoms with Gasteiger partial charge in [0.15, 0.2) is 0 Å². The quantitative estimate of drug-likeness (QED) is 0.774. The van der Waals surface area contributed by atoms with Crippen LogP contribution in [0.1, 0.15) is 50.5 Å². The molecule has 1 saturated carbocycles. The second-order valence-electron chi connectivity index (χ2n) is 5.77. The lowest BCUT2D eigenvalue weighted by Gasteiger charge is -2.23. The van der Waals surface area contributed by atoms with E-state index >= 15 is 0 Å². The van der Waals surface area contributed by atoms with Crippen molar-refractivity contribution in [1.29, 1.82) is 0 Å². The maximum atomic E-state index is 5.95. The van der Waals surface area contributed by atoms with Crippen molar-refractivity contribution < 1.29 is 0 Å². The number of aryl methyl sites for hydroxylation is 1. The molecule has 0 spiro atoms. The monoisotopic (exact) mass is 245 g/mol. The molecule has 0 aliphatic heterocycles. The molecule has 1 aliphatic carbocycles. The molecule has 2 atom stereocenters. The van der Waals surface area contributed by atoms with Gasteiger partial charge in [-0.05, 0) is 49.6 Å². The number of hydrogen-bond acceptors (Lipinski definition) is 1. The highest BCUT2D eigenvalue weighted by Crippen LogP contribution is 2.31. The van der Waals surface area contributed by atoms with E-state index in [1.807, 2.05) is 0 Å². The van der Waals surface area contributed by atoms with Crippen LogP contribution in [0.15, 0.2) is 30.3 Å². The van der Waals surface area contributed by atoms with Gasteiger partial charge in [-0.15, -0.1) is 0 Å². The van der Waals surface area contributed by atoms with Crippen molar-refractivity contribution in [3.05, 3.63) is 35.9 Å². The van der Waals surface area contributed by atoms with E-state index in [1.165, 1.54) is 56.9 Å². The van der Waals surface area contributed by atoms with Gasteiger partial charge in [0.05, 0.1) is 0 Å². The lowest BCUT2D eigenvalue weighted by atomic mass is 9.84. The van der Waals surface area contributed by atoms with Gasteiger partial charge in [-0.1, -0.05) is 56.0 Å². The van der Waals surface area contributed by atoms with Crippen LogP contribution in [0.25, 0.3) is 0 Å². The van der Waals surface area contributed by atoms with Crippen LogP contribution in [0.5, 0.6) is 0 Å². The Balaban J connectivity index is 1.77. The van der Waals surface area contributed by atoms with E-state index in [0.29, 0.717) is 0 Å². The van der Waals surface area contributed by atoms with Crippen molar-refractivity contribution in [2.75, 3.05) is 6.54 Å². The van der Waals surface area contributed by atoms with Gasteiger partial charge < -0.3 is 5.73 Å². The molecule has 0 amide bonds. The molecule has 1 aromatic rings. The summed E-state index contributed by atoms with van der Waals surface area (Å²) in [5.74, 6) is 1.68. The molecule has 1 aromatic carbocycles. The zero-order chi connectivity index (χ0) is 12.6. The lowest BCUT2D eigenvalue weighted by molar-refractivity contribution is 0.296. The predicted octanol–water partition coefficient (Wildman–Crippen LogP) is 4.16. The van der Waals surface area contributed by atoms with E-state index in [1.54, 1.807) is 0 Å². The van der Waals surface area contributed by atoms with Crippen LogP contribution in [0.4, 0.5) is 0 Å². The Hall–Kier alpha value is -0.820. The van der Waals surface area contributed by atoms with Crippen LogP contribution in [-0.2, 0) is 6.42 Å². The van der Waals surface area contributed by atoms with Gasteiger partial charge in [0, 0.05) is 0 Å². The first-order valence-electron chi connectivity index (χ1n) is 7.64. The molecule has 0 bridgehead atoms. The fraction of sp³-hybridized carbons (Fsp3) is 0.647. The SMILES string of the molecule is NCC1CCCCCC1CCCc1ccccc1. The summed E-state index contributed by atoms with van der Waals surface area (Å²) in [5, 5.41) is 0. The Morgan fingerprint density at radius 1 is 0.944 bits per heavy atom. The van der Waals surface area contributed by atoms with Crippen molar-refractivity contribution in [2.45, 2.75) is 51.4 Å². The van der Waals surface area contributed by atoms with Gasteiger partial charge in [-0.3, -0.25) is 0 Å². The maximum absolute atomic E-state index is 5.95. The van der Waals surface area contributed by atoms with Crippen LogP contribution in [0.2, 0.25) is 0 Å². The number of nitrogens with two attached hydrogens (primary N) is 1. The molecular formula is C17H27N. The molecule has 18 heavy (non-hydrogen) atoms. The minimum absolute atomic E-state index is 0.795.